The number of guanidine groups is 1. The quantitative estimate of drug-likeness (QED) is 0.369. The van der Waals surface area contributed by atoms with Crippen LogP contribution >= 0.6 is 0 Å². The molecule has 0 radical (unpaired) electrons. The molecule has 0 aliphatic carbocycles. The van der Waals surface area contributed by atoms with Crippen molar-refractivity contribution < 1.29 is 9.32 Å². The molecule has 0 spiro atoms. The summed E-state index contributed by atoms with van der Waals surface area (Å²) in [6.45, 7) is 2.08. The third-order valence-corrected chi connectivity index (χ3v) is 5.28. The molecule has 3 N–H and O–H groups in total. The lowest BCUT2D eigenvalue weighted by Crippen LogP contribution is -2.37. The van der Waals surface area contributed by atoms with Gasteiger partial charge in [0.1, 0.15) is 5.56 Å². The fraction of sp³-hybridized carbons (Fsp3) is 0.160. The third kappa shape index (κ3) is 4.32. The number of hydrogen-bond donors (Lipinski definition) is 2. The second-order valence-corrected chi connectivity index (χ2v) is 7.71. The number of carbonyl (C=O) groups is 1. The van der Waals surface area contributed by atoms with Crippen LogP contribution in [0.5, 0.6) is 0 Å². The smallest absolute Gasteiger partial charge is 0.263 e. The van der Waals surface area contributed by atoms with Crippen LogP contribution in [0, 0.1) is 6.92 Å². The highest BCUT2D eigenvalue weighted by Crippen LogP contribution is 2.28. The van der Waals surface area contributed by atoms with Crippen molar-refractivity contribution in [3.05, 3.63) is 83.6 Å². The summed E-state index contributed by atoms with van der Waals surface area (Å²) < 4.78 is 5.46. The number of carbonyl (C=O) groups excluding carboxylic acids is 1. The van der Waals surface area contributed by atoms with Gasteiger partial charge >= 0.3 is 0 Å². The van der Waals surface area contributed by atoms with E-state index in [0.29, 0.717) is 23.6 Å². The minimum absolute atomic E-state index is 0.0393. The van der Waals surface area contributed by atoms with Crippen LogP contribution in [-0.2, 0) is 6.54 Å². The Labute approximate surface area is 186 Å². The maximum atomic E-state index is 12.9. The lowest BCUT2D eigenvalue weighted by molar-refractivity contribution is 0.0976. The highest BCUT2D eigenvalue weighted by molar-refractivity contribution is 6.08. The maximum absolute atomic E-state index is 12.9. The Morgan fingerprint density at radius 2 is 1.78 bits per heavy atom. The number of rotatable bonds is 5. The summed E-state index contributed by atoms with van der Waals surface area (Å²) >= 11 is 0. The van der Waals surface area contributed by atoms with Crippen molar-refractivity contribution in [1.82, 2.24) is 10.5 Å². The van der Waals surface area contributed by atoms with Gasteiger partial charge in [0, 0.05) is 25.3 Å². The van der Waals surface area contributed by atoms with Crippen molar-refractivity contribution in [1.29, 1.82) is 0 Å². The fourth-order valence-corrected chi connectivity index (χ4v) is 3.56. The van der Waals surface area contributed by atoms with E-state index in [4.69, 9.17) is 10.3 Å². The molecule has 0 unspecified atom stereocenters. The summed E-state index contributed by atoms with van der Waals surface area (Å²) in [5.74, 6) is 0.0270. The first kappa shape index (κ1) is 21.1. The van der Waals surface area contributed by atoms with Crippen LogP contribution in [0.2, 0.25) is 0 Å². The number of aryl methyl sites for hydroxylation is 1. The van der Waals surface area contributed by atoms with E-state index in [2.05, 4.69) is 27.6 Å². The van der Waals surface area contributed by atoms with Crippen molar-refractivity contribution in [3.63, 3.8) is 0 Å². The Kier molecular flexibility index (Phi) is 5.89. The van der Waals surface area contributed by atoms with Gasteiger partial charge in [0.15, 0.2) is 11.7 Å². The van der Waals surface area contributed by atoms with Crippen molar-refractivity contribution in [3.8, 4) is 11.3 Å². The number of nitrogens with two attached hydrogens (primary N) is 1. The average Bonchev–Trinajstić information content (AvgIpc) is 3.19. The van der Waals surface area contributed by atoms with E-state index in [1.165, 1.54) is 0 Å². The molecule has 162 valence electrons. The number of nitrogens with one attached hydrogen (secondary N) is 1. The van der Waals surface area contributed by atoms with Gasteiger partial charge in [-0.2, -0.15) is 0 Å². The minimum atomic E-state index is -0.408. The Balaban J connectivity index is 1.53. The van der Waals surface area contributed by atoms with Crippen molar-refractivity contribution in [2.45, 2.75) is 13.5 Å². The first-order valence-electron chi connectivity index (χ1n) is 10.3. The van der Waals surface area contributed by atoms with Gasteiger partial charge in [-0.15, -0.1) is 0 Å². The second kappa shape index (κ2) is 8.93. The maximum Gasteiger partial charge on any atom is 0.263 e. The van der Waals surface area contributed by atoms with Gasteiger partial charge in [-0.3, -0.25) is 10.1 Å². The number of fused-ring (bicyclic) bond motifs is 1. The van der Waals surface area contributed by atoms with Crippen LogP contribution in [0.3, 0.4) is 0 Å². The van der Waals surface area contributed by atoms with Crippen LogP contribution < -0.4 is 16.0 Å². The van der Waals surface area contributed by atoms with Crippen molar-refractivity contribution in [2.75, 3.05) is 19.0 Å². The summed E-state index contributed by atoms with van der Waals surface area (Å²) in [7, 11) is 3.93. The summed E-state index contributed by atoms with van der Waals surface area (Å²) in [6.07, 6.45) is 0. The SMILES string of the molecule is Cc1noc(-c2ccc(N(C)C)cc2)c1C(=O)NC(N)=NCc1cccc2ccccc12. The molecular formula is C25H25N5O2. The zero-order chi connectivity index (χ0) is 22.7. The van der Waals surface area contributed by atoms with Gasteiger partial charge in [-0.05, 0) is 47.5 Å². The second-order valence-electron chi connectivity index (χ2n) is 7.71. The number of nitrogens with zero attached hydrogens (tertiary/aromatic N) is 3. The molecular weight excluding hydrogens is 402 g/mol. The first-order chi connectivity index (χ1) is 15.4. The van der Waals surface area contributed by atoms with Gasteiger partial charge < -0.3 is 15.2 Å². The summed E-state index contributed by atoms with van der Waals surface area (Å²) in [6, 6.07) is 21.8. The van der Waals surface area contributed by atoms with Crippen LogP contribution in [0.25, 0.3) is 22.1 Å². The molecule has 3 aromatic carbocycles. The third-order valence-electron chi connectivity index (χ3n) is 5.28. The normalized spacial score (nSPS) is 11.5. The summed E-state index contributed by atoms with van der Waals surface area (Å²) in [4.78, 5) is 19.3. The number of aromatic nitrogens is 1. The topological polar surface area (TPSA) is 96.8 Å². The monoisotopic (exact) mass is 427 g/mol. The Morgan fingerprint density at radius 1 is 1.06 bits per heavy atom. The van der Waals surface area contributed by atoms with Gasteiger partial charge in [0.2, 0.25) is 0 Å². The number of amides is 1. The van der Waals surface area contributed by atoms with Gasteiger partial charge in [-0.25, -0.2) is 4.99 Å². The highest BCUT2D eigenvalue weighted by Gasteiger charge is 2.22. The van der Waals surface area contributed by atoms with Crippen LogP contribution in [0.1, 0.15) is 21.6 Å². The predicted molar refractivity (Wildman–Crippen MR) is 128 cm³/mol. The number of hydrogen-bond acceptors (Lipinski definition) is 5. The molecule has 1 aromatic heterocycles. The molecule has 7 heteroatoms. The van der Waals surface area contributed by atoms with Gasteiger partial charge in [0.25, 0.3) is 5.91 Å². The van der Waals surface area contributed by atoms with E-state index < -0.39 is 5.91 Å². The standard InChI is InChI=1S/C25H25N5O2/c1-16-22(23(32-29-16)18-11-13-20(14-12-18)30(2)3)24(31)28-25(26)27-15-19-9-6-8-17-7-4-5-10-21(17)19/h4-14H,15H2,1-3H3,(H3,26,27,28,31). The molecule has 32 heavy (non-hydrogen) atoms. The van der Waals surface area contributed by atoms with E-state index in [1.54, 1.807) is 6.92 Å². The van der Waals surface area contributed by atoms with Crippen molar-refractivity contribution >= 4 is 28.3 Å². The number of benzene rings is 3. The molecule has 0 aliphatic heterocycles. The number of aliphatic imine (C=N–C) groups is 1. The molecule has 4 rings (SSSR count). The Morgan fingerprint density at radius 3 is 2.53 bits per heavy atom. The van der Waals surface area contributed by atoms with Crippen LogP contribution in [0.4, 0.5) is 5.69 Å². The molecule has 4 aromatic rings. The molecule has 0 bridgehead atoms. The molecule has 0 saturated carbocycles. The molecule has 0 saturated heterocycles. The zero-order valence-electron chi connectivity index (χ0n) is 18.3. The predicted octanol–water partition coefficient (Wildman–Crippen LogP) is 4.11. The van der Waals surface area contributed by atoms with E-state index in [0.717, 1.165) is 27.6 Å². The Hall–Kier alpha value is -4.13. The summed E-state index contributed by atoms with van der Waals surface area (Å²) in [5.41, 5.74) is 9.68. The molecule has 0 aliphatic rings. The van der Waals surface area contributed by atoms with Crippen LogP contribution in [-0.4, -0.2) is 31.1 Å². The zero-order valence-corrected chi connectivity index (χ0v) is 18.3. The number of anilines is 1. The first-order valence-corrected chi connectivity index (χ1v) is 10.3. The lowest BCUT2D eigenvalue weighted by Gasteiger charge is -2.12. The van der Waals surface area contributed by atoms with Crippen molar-refractivity contribution in [2.24, 2.45) is 10.7 Å². The molecule has 1 amide bonds. The summed E-state index contributed by atoms with van der Waals surface area (Å²) in [5, 5.41) is 8.88. The van der Waals surface area contributed by atoms with Crippen LogP contribution in [0.15, 0.2) is 76.2 Å². The van der Waals surface area contributed by atoms with E-state index >= 15 is 0 Å². The molecule has 0 fully saturated rings. The van der Waals surface area contributed by atoms with E-state index in [1.807, 2.05) is 73.6 Å². The highest BCUT2D eigenvalue weighted by atomic mass is 16.5. The minimum Gasteiger partial charge on any atom is -0.378 e. The van der Waals surface area contributed by atoms with Gasteiger partial charge in [-0.1, -0.05) is 47.6 Å². The lowest BCUT2D eigenvalue weighted by atomic mass is 10.0. The molecule has 7 nitrogen and oxygen atoms in total. The largest absolute Gasteiger partial charge is 0.378 e. The van der Waals surface area contributed by atoms with E-state index in [9.17, 15) is 4.79 Å². The van der Waals surface area contributed by atoms with Gasteiger partial charge in [0.05, 0.1) is 12.2 Å². The molecule has 0 atom stereocenters. The van der Waals surface area contributed by atoms with E-state index in [-0.39, 0.29) is 5.96 Å². The fourth-order valence-electron chi connectivity index (χ4n) is 3.56. The Bertz CT molecular complexity index is 1280. The molecule has 1 heterocycles. The average molecular weight is 428 g/mol.